The molecule has 2 aliphatic rings. The summed E-state index contributed by atoms with van der Waals surface area (Å²) in [5, 5.41) is 13.9. The molecule has 1 fully saturated rings. The minimum absolute atomic E-state index is 0.0113. The summed E-state index contributed by atoms with van der Waals surface area (Å²) in [4.78, 5) is 18.9. The van der Waals surface area contributed by atoms with E-state index in [0.29, 0.717) is 38.1 Å². The van der Waals surface area contributed by atoms with Crippen LogP contribution < -0.4 is 15.0 Å². The molecule has 0 radical (unpaired) electrons. The maximum atomic E-state index is 13.3. The quantitative estimate of drug-likeness (QED) is 0.348. The predicted molar refractivity (Wildman–Crippen MR) is 144 cm³/mol. The van der Waals surface area contributed by atoms with Crippen LogP contribution in [0.2, 0.25) is 0 Å². The van der Waals surface area contributed by atoms with Crippen LogP contribution in [0.15, 0.2) is 53.3 Å². The zero-order chi connectivity index (χ0) is 25.9. The second-order valence-electron chi connectivity index (χ2n) is 10.3. The molecule has 0 saturated heterocycles. The van der Waals surface area contributed by atoms with E-state index >= 15 is 0 Å². The molecule has 1 atom stereocenters. The van der Waals surface area contributed by atoms with Crippen molar-refractivity contribution in [2.75, 3.05) is 13.2 Å². The van der Waals surface area contributed by atoms with Gasteiger partial charge < -0.3 is 14.5 Å². The Morgan fingerprint density at radius 3 is 2.61 bits per heavy atom. The summed E-state index contributed by atoms with van der Waals surface area (Å²) >= 11 is 0. The van der Waals surface area contributed by atoms with Crippen LogP contribution in [0.3, 0.4) is 0 Å². The third-order valence-electron chi connectivity index (χ3n) is 7.73. The zero-order valence-corrected chi connectivity index (χ0v) is 21.8. The fourth-order valence-corrected chi connectivity index (χ4v) is 5.87. The van der Waals surface area contributed by atoms with Crippen molar-refractivity contribution in [2.45, 2.75) is 70.6 Å². The number of hydrogen-bond acceptors (Lipinski definition) is 7. The number of nitrogens with one attached hydrogen (secondary N) is 1. The molecular weight excluding hydrogens is 480 g/mol. The maximum absolute atomic E-state index is 13.3. The Labute approximate surface area is 221 Å². The summed E-state index contributed by atoms with van der Waals surface area (Å²) < 4.78 is 13.4. The Morgan fingerprint density at radius 1 is 1.08 bits per heavy atom. The third kappa shape index (κ3) is 5.03. The Hall–Kier alpha value is -3.72. The average Bonchev–Trinajstić information content (AvgIpc) is 3.63. The van der Waals surface area contributed by atoms with Gasteiger partial charge in [-0.15, -0.1) is 5.10 Å². The van der Waals surface area contributed by atoms with Crippen molar-refractivity contribution in [1.82, 2.24) is 30.1 Å². The lowest BCUT2D eigenvalue weighted by Crippen LogP contribution is -2.39. The first-order chi connectivity index (χ1) is 18.7. The average molecular weight is 515 g/mol. The van der Waals surface area contributed by atoms with E-state index in [-0.39, 0.29) is 11.6 Å². The maximum Gasteiger partial charge on any atom is 0.252 e. The number of rotatable bonds is 9. The molecule has 2 aromatic carbocycles. The molecule has 2 aromatic heterocycles. The molecule has 1 N–H and O–H groups in total. The molecule has 6 rings (SSSR count). The van der Waals surface area contributed by atoms with Crippen LogP contribution in [0.5, 0.6) is 11.5 Å². The fourth-order valence-electron chi connectivity index (χ4n) is 5.87. The molecule has 0 amide bonds. The highest BCUT2D eigenvalue weighted by Crippen LogP contribution is 2.36. The van der Waals surface area contributed by atoms with Gasteiger partial charge in [-0.05, 0) is 47.4 Å². The summed E-state index contributed by atoms with van der Waals surface area (Å²) in [6.07, 6.45) is 6.54. The van der Waals surface area contributed by atoms with Gasteiger partial charge in [0.15, 0.2) is 17.3 Å². The predicted octanol–water partition coefficient (Wildman–Crippen LogP) is 4.62. The number of H-pyrrole nitrogens is 1. The highest BCUT2D eigenvalue weighted by atomic mass is 16.6. The van der Waals surface area contributed by atoms with E-state index < -0.39 is 0 Å². The summed E-state index contributed by atoms with van der Waals surface area (Å²) in [5.41, 5.74) is 2.58. The molecular formula is C29H34N6O3. The van der Waals surface area contributed by atoms with E-state index in [2.05, 4.69) is 44.5 Å². The Bertz CT molecular complexity index is 1440. The number of benzene rings is 2. The van der Waals surface area contributed by atoms with E-state index in [1.54, 1.807) is 0 Å². The van der Waals surface area contributed by atoms with E-state index in [1.165, 1.54) is 12.8 Å². The topological polar surface area (TPSA) is 98.2 Å². The Morgan fingerprint density at radius 2 is 1.84 bits per heavy atom. The Balaban J connectivity index is 1.36. The smallest absolute Gasteiger partial charge is 0.252 e. The van der Waals surface area contributed by atoms with Crippen LogP contribution in [-0.4, -0.2) is 49.3 Å². The summed E-state index contributed by atoms with van der Waals surface area (Å²) in [5.74, 6) is 2.26. The largest absolute Gasteiger partial charge is 0.486 e. The van der Waals surface area contributed by atoms with Crippen LogP contribution in [0.25, 0.3) is 10.9 Å². The normalized spacial score (nSPS) is 16.4. The molecule has 4 aromatic rings. The second-order valence-corrected chi connectivity index (χ2v) is 10.3. The molecule has 1 aliphatic carbocycles. The van der Waals surface area contributed by atoms with Gasteiger partial charge in [0.1, 0.15) is 13.2 Å². The molecule has 0 unspecified atom stereocenters. The van der Waals surface area contributed by atoms with Gasteiger partial charge in [0.2, 0.25) is 0 Å². The van der Waals surface area contributed by atoms with Crippen molar-refractivity contribution < 1.29 is 9.47 Å². The first-order valence-electron chi connectivity index (χ1n) is 13.7. The van der Waals surface area contributed by atoms with Crippen molar-refractivity contribution in [2.24, 2.45) is 0 Å². The number of aromatic amines is 1. The second kappa shape index (κ2) is 10.9. The number of aromatic nitrogens is 5. The van der Waals surface area contributed by atoms with Crippen molar-refractivity contribution in [1.29, 1.82) is 0 Å². The summed E-state index contributed by atoms with van der Waals surface area (Å²) in [7, 11) is 0. The molecule has 9 nitrogen and oxygen atoms in total. The van der Waals surface area contributed by atoms with Crippen LogP contribution in [0.1, 0.15) is 68.4 Å². The third-order valence-corrected chi connectivity index (χ3v) is 7.73. The van der Waals surface area contributed by atoms with E-state index in [4.69, 9.17) is 9.47 Å². The summed E-state index contributed by atoms with van der Waals surface area (Å²) in [6, 6.07) is 16.5. The molecule has 38 heavy (non-hydrogen) atoms. The van der Waals surface area contributed by atoms with Gasteiger partial charge in [0.05, 0.1) is 18.1 Å². The van der Waals surface area contributed by atoms with E-state index in [0.717, 1.165) is 59.3 Å². The van der Waals surface area contributed by atoms with Crippen LogP contribution in [0.4, 0.5) is 0 Å². The number of pyridine rings is 1. The monoisotopic (exact) mass is 514 g/mol. The molecule has 1 saturated carbocycles. The Kier molecular flexibility index (Phi) is 7.09. The number of hydrogen-bond donors (Lipinski definition) is 1. The molecule has 0 bridgehead atoms. The van der Waals surface area contributed by atoms with Gasteiger partial charge in [0.25, 0.3) is 5.56 Å². The first-order valence-corrected chi connectivity index (χ1v) is 13.7. The molecule has 9 heteroatoms. The van der Waals surface area contributed by atoms with Crippen molar-refractivity contribution >= 4 is 10.9 Å². The van der Waals surface area contributed by atoms with E-state index in [1.807, 2.05) is 41.1 Å². The van der Waals surface area contributed by atoms with Gasteiger partial charge in [0, 0.05) is 29.6 Å². The molecule has 0 spiro atoms. The lowest BCUT2D eigenvalue weighted by atomic mass is 10.0. The van der Waals surface area contributed by atoms with Crippen LogP contribution >= 0.6 is 0 Å². The van der Waals surface area contributed by atoms with Crippen molar-refractivity contribution in [3.05, 3.63) is 75.8 Å². The molecule has 198 valence electrons. The van der Waals surface area contributed by atoms with Crippen LogP contribution in [0, 0.1) is 0 Å². The van der Waals surface area contributed by atoms with E-state index in [9.17, 15) is 4.79 Å². The SMILES string of the molecule is CCC[C@@H](c1nnnn1Cc1ccccc1)N(Cc1cc2cc3c(cc2[nH]c1=O)OCCO3)C1CCCC1. The minimum atomic E-state index is -0.0729. The van der Waals surface area contributed by atoms with Crippen molar-refractivity contribution in [3.8, 4) is 11.5 Å². The van der Waals surface area contributed by atoms with Crippen molar-refractivity contribution in [3.63, 3.8) is 0 Å². The van der Waals surface area contributed by atoms with Gasteiger partial charge >= 0.3 is 0 Å². The van der Waals surface area contributed by atoms with Gasteiger partial charge in [-0.1, -0.05) is 56.5 Å². The summed E-state index contributed by atoms with van der Waals surface area (Å²) in [6.45, 7) is 4.39. The highest BCUT2D eigenvalue weighted by Gasteiger charge is 2.33. The zero-order valence-electron chi connectivity index (χ0n) is 21.8. The lowest BCUT2D eigenvalue weighted by molar-refractivity contribution is 0.108. The lowest BCUT2D eigenvalue weighted by Gasteiger charge is -2.35. The molecule has 3 heterocycles. The van der Waals surface area contributed by atoms with Gasteiger partial charge in [-0.3, -0.25) is 9.69 Å². The van der Waals surface area contributed by atoms with Gasteiger partial charge in [-0.2, -0.15) is 0 Å². The number of tetrazole rings is 1. The number of ether oxygens (including phenoxy) is 2. The molecule has 1 aliphatic heterocycles. The standard InChI is InChI=1S/C29H34N6O3/c1-2-8-25(28-31-32-33-35(28)18-20-9-4-3-5-10-20)34(23-11-6-7-12-23)19-22-15-21-16-26-27(38-14-13-37-26)17-24(21)30-29(22)36/h3-5,9-10,15-17,23,25H,2,6-8,11-14,18-19H2,1H3,(H,30,36)/t25-/m0/s1. The number of fused-ring (bicyclic) bond motifs is 2. The highest BCUT2D eigenvalue weighted by molar-refractivity contribution is 5.83. The van der Waals surface area contributed by atoms with Gasteiger partial charge in [-0.25, -0.2) is 4.68 Å². The first kappa shape index (κ1) is 24.6. The van der Waals surface area contributed by atoms with Crippen LogP contribution in [-0.2, 0) is 13.1 Å². The number of nitrogens with zero attached hydrogens (tertiary/aromatic N) is 5. The fraction of sp³-hybridized carbons (Fsp3) is 0.448. The minimum Gasteiger partial charge on any atom is -0.486 e.